The Morgan fingerprint density at radius 3 is 2.71 bits per heavy atom. The fraction of sp³-hybridized carbons (Fsp3) is 0.889. The number of esters is 1. The van der Waals surface area contributed by atoms with Crippen molar-refractivity contribution in [1.29, 1.82) is 0 Å². The molecule has 0 saturated heterocycles. The number of carbonyl (C=O) groups is 1. The molecule has 80 valence electrons. The lowest BCUT2D eigenvalue weighted by molar-refractivity contribution is -0.146. The van der Waals surface area contributed by atoms with Crippen molar-refractivity contribution < 1.29 is 14.6 Å². The summed E-state index contributed by atoms with van der Waals surface area (Å²) in [5.74, 6) is -0.610. The monoisotopic (exact) mass is 201 g/mol. The van der Waals surface area contributed by atoms with E-state index in [0.29, 0.717) is 6.42 Å². The maximum Gasteiger partial charge on any atom is 0.308 e. The predicted molar refractivity (Wildman–Crippen MR) is 49.2 cm³/mol. The van der Waals surface area contributed by atoms with Crippen LogP contribution in [-0.2, 0) is 9.53 Å². The summed E-state index contributed by atoms with van der Waals surface area (Å²) in [5.41, 5.74) is -0.546. The van der Waals surface area contributed by atoms with E-state index < -0.39 is 11.6 Å². The van der Waals surface area contributed by atoms with E-state index in [9.17, 15) is 14.8 Å². The number of hydrogen-bond acceptors (Lipinski definition) is 5. The van der Waals surface area contributed by atoms with Crippen LogP contribution in [0.2, 0.25) is 0 Å². The largest absolute Gasteiger partial charge is 0.469 e. The minimum absolute atomic E-state index is 0.0114. The first-order valence-corrected chi connectivity index (χ1v) is 4.55. The van der Waals surface area contributed by atoms with Crippen molar-refractivity contribution in [3.05, 3.63) is 4.91 Å². The van der Waals surface area contributed by atoms with Crippen molar-refractivity contribution in [1.82, 2.24) is 0 Å². The average molecular weight is 201 g/mol. The summed E-state index contributed by atoms with van der Waals surface area (Å²) in [6.07, 6.45) is -0.587. The lowest BCUT2D eigenvalue weighted by Gasteiger charge is -2.15. The summed E-state index contributed by atoms with van der Waals surface area (Å²) in [5, 5.41) is 11.9. The number of aliphatic hydroxyl groups excluding tert-OH is 1. The van der Waals surface area contributed by atoms with Crippen LogP contribution >= 0.6 is 0 Å². The van der Waals surface area contributed by atoms with Gasteiger partial charge in [0.2, 0.25) is 0 Å². The molecule has 1 saturated carbocycles. The molecule has 0 amide bonds. The topological polar surface area (TPSA) is 76.0 Å². The third kappa shape index (κ3) is 1.64. The van der Waals surface area contributed by atoms with Crippen molar-refractivity contribution >= 4 is 5.97 Å². The number of methoxy groups -OCH3 is 1. The van der Waals surface area contributed by atoms with Gasteiger partial charge in [-0.3, -0.25) is 4.79 Å². The predicted octanol–water partition coefficient (Wildman–Crippen LogP) is 0.906. The highest BCUT2D eigenvalue weighted by Crippen LogP contribution is 2.58. The number of nitrogens with zero attached hydrogens (tertiary/aromatic N) is 1. The summed E-state index contributed by atoms with van der Waals surface area (Å²) in [7, 11) is 1.33. The maximum absolute atomic E-state index is 11.2. The molecule has 0 radical (unpaired) electrons. The van der Waals surface area contributed by atoms with Crippen molar-refractivity contribution in [2.24, 2.45) is 22.4 Å². The number of ether oxygens (including phenoxy) is 1. The Kier molecular flexibility index (Phi) is 2.89. The van der Waals surface area contributed by atoms with E-state index in [4.69, 9.17) is 0 Å². The van der Waals surface area contributed by atoms with Crippen LogP contribution in [-0.4, -0.2) is 24.4 Å². The fourth-order valence-corrected chi connectivity index (χ4v) is 1.93. The molecular formula is C9H15NO4. The molecule has 4 unspecified atom stereocenters. The van der Waals surface area contributed by atoms with Crippen LogP contribution in [0.5, 0.6) is 0 Å². The molecule has 14 heavy (non-hydrogen) atoms. The Balaban J connectivity index is 2.60. The Morgan fingerprint density at radius 2 is 2.29 bits per heavy atom. The van der Waals surface area contributed by atoms with Gasteiger partial charge in [-0.15, -0.1) is 4.91 Å². The van der Waals surface area contributed by atoms with Crippen LogP contribution in [0.4, 0.5) is 0 Å². The van der Waals surface area contributed by atoms with Gasteiger partial charge in [0, 0.05) is 5.41 Å². The minimum Gasteiger partial charge on any atom is -0.469 e. The van der Waals surface area contributed by atoms with Crippen molar-refractivity contribution in [2.75, 3.05) is 7.11 Å². The summed E-state index contributed by atoms with van der Waals surface area (Å²) >= 11 is 0. The molecule has 5 nitrogen and oxygen atoms in total. The van der Waals surface area contributed by atoms with Gasteiger partial charge in [-0.25, -0.2) is 0 Å². The standard InChI is InChI=1S/C9H15NO4/c1-5(7(11)14-3)6-4-9(6,2)8(12)10-13/h5-6,8,12H,4H2,1-3H3. The van der Waals surface area contributed by atoms with E-state index in [0.717, 1.165) is 0 Å². The summed E-state index contributed by atoms with van der Waals surface area (Å²) in [6, 6.07) is 0. The first kappa shape index (κ1) is 11.1. The average Bonchev–Trinajstić information content (AvgIpc) is 2.88. The highest BCUT2D eigenvalue weighted by Gasteiger charge is 2.59. The van der Waals surface area contributed by atoms with Crippen LogP contribution in [0.25, 0.3) is 0 Å². The van der Waals surface area contributed by atoms with Gasteiger partial charge in [-0.2, -0.15) is 0 Å². The van der Waals surface area contributed by atoms with Gasteiger partial charge in [0.05, 0.1) is 13.0 Å². The molecule has 5 heteroatoms. The van der Waals surface area contributed by atoms with Gasteiger partial charge in [0.1, 0.15) is 0 Å². The third-order valence-corrected chi connectivity index (χ3v) is 3.21. The van der Waals surface area contributed by atoms with Gasteiger partial charge >= 0.3 is 5.97 Å². The Morgan fingerprint density at radius 1 is 1.71 bits per heavy atom. The van der Waals surface area contributed by atoms with E-state index in [1.165, 1.54) is 7.11 Å². The van der Waals surface area contributed by atoms with E-state index in [2.05, 4.69) is 9.91 Å². The molecule has 0 aromatic carbocycles. The second-order valence-electron chi connectivity index (χ2n) is 4.11. The van der Waals surface area contributed by atoms with Gasteiger partial charge in [0.25, 0.3) is 0 Å². The van der Waals surface area contributed by atoms with Crippen LogP contribution in [0.15, 0.2) is 5.18 Å². The molecule has 0 heterocycles. The number of nitroso groups, excluding NO2 is 1. The lowest BCUT2D eigenvalue weighted by Crippen LogP contribution is -2.24. The third-order valence-electron chi connectivity index (χ3n) is 3.21. The van der Waals surface area contributed by atoms with Crippen LogP contribution < -0.4 is 0 Å². The van der Waals surface area contributed by atoms with E-state index in [-0.39, 0.29) is 17.8 Å². The molecule has 4 atom stereocenters. The molecule has 1 fully saturated rings. The van der Waals surface area contributed by atoms with Crippen molar-refractivity contribution in [2.45, 2.75) is 26.5 Å². The first-order chi connectivity index (χ1) is 6.47. The molecule has 0 bridgehead atoms. The summed E-state index contributed by atoms with van der Waals surface area (Å²) in [6.45, 7) is 3.49. The molecule has 1 rings (SSSR count). The SMILES string of the molecule is COC(=O)C(C)C1CC1(C)C(O)N=O. The highest BCUT2D eigenvalue weighted by molar-refractivity contribution is 5.72. The highest BCUT2D eigenvalue weighted by atomic mass is 16.5. The number of hydrogen-bond donors (Lipinski definition) is 1. The van der Waals surface area contributed by atoms with Gasteiger partial charge in [0.15, 0.2) is 6.23 Å². The Labute approximate surface area is 82.4 Å². The second kappa shape index (κ2) is 3.65. The number of rotatable bonds is 4. The normalized spacial score (nSPS) is 34.4. The minimum atomic E-state index is -1.22. The van der Waals surface area contributed by atoms with Crippen LogP contribution in [0.3, 0.4) is 0 Å². The van der Waals surface area contributed by atoms with Crippen LogP contribution in [0.1, 0.15) is 20.3 Å². The smallest absolute Gasteiger partial charge is 0.308 e. The van der Waals surface area contributed by atoms with Crippen molar-refractivity contribution in [3.63, 3.8) is 0 Å². The van der Waals surface area contributed by atoms with Crippen LogP contribution in [0, 0.1) is 22.2 Å². The molecule has 0 aromatic heterocycles. The zero-order valence-electron chi connectivity index (χ0n) is 8.56. The maximum atomic E-state index is 11.2. The fourth-order valence-electron chi connectivity index (χ4n) is 1.93. The zero-order valence-corrected chi connectivity index (χ0v) is 8.56. The number of carbonyl (C=O) groups excluding carboxylic acids is 1. The summed E-state index contributed by atoms with van der Waals surface area (Å²) in [4.78, 5) is 21.4. The lowest BCUT2D eigenvalue weighted by atomic mass is 9.96. The van der Waals surface area contributed by atoms with E-state index in [1.54, 1.807) is 13.8 Å². The van der Waals surface area contributed by atoms with Gasteiger partial charge < -0.3 is 9.84 Å². The molecule has 0 aliphatic heterocycles. The second-order valence-corrected chi connectivity index (χ2v) is 4.11. The molecule has 1 N–H and O–H groups in total. The molecular weight excluding hydrogens is 186 g/mol. The quantitative estimate of drug-likeness (QED) is 0.541. The number of aliphatic hydroxyl groups is 1. The molecule has 1 aliphatic carbocycles. The van der Waals surface area contributed by atoms with Gasteiger partial charge in [-0.1, -0.05) is 13.8 Å². The first-order valence-electron chi connectivity index (χ1n) is 4.55. The van der Waals surface area contributed by atoms with E-state index in [1.807, 2.05) is 0 Å². The Hall–Kier alpha value is -0.970. The summed E-state index contributed by atoms with van der Waals surface area (Å²) < 4.78 is 4.59. The zero-order chi connectivity index (χ0) is 10.9. The van der Waals surface area contributed by atoms with E-state index >= 15 is 0 Å². The van der Waals surface area contributed by atoms with Gasteiger partial charge in [-0.05, 0) is 17.5 Å². The Bertz CT molecular complexity index is 255. The molecule has 1 aliphatic rings. The molecule has 0 aromatic rings. The molecule has 0 spiro atoms. The van der Waals surface area contributed by atoms with Crippen molar-refractivity contribution in [3.8, 4) is 0 Å².